The van der Waals surface area contributed by atoms with Crippen molar-refractivity contribution in [2.45, 2.75) is 31.5 Å². The first-order valence-corrected chi connectivity index (χ1v) is 7.27. The maximum absolute atomic E-state index is 12.5. The molecule has 1 heterocycles. The summed E-state index contributed by atoms with van der Waals surface area (Å²) >= 11 is 0. The number of benzene rings is 1. The number of hydrogen-bond donors (Lipinski definition) is 0. The highest BCUT2D eigenvalue weighted by molar-refractivity contribution is 5.87. The standard InChI is InChI=1S/C16H16O3/c17-15-10-5-9-6-11(8-10)16(12(15)7-9)18-13-3-1-2-4-14(13)19-16/h1-4,9-12H,5-8H2. The molecule has 4 aliphatic carbocycles. The van der Waals surface area contributed by atoms with Crippen LogP contribution < -0.4 is 9.47 Å². The molecule has 3 nitrogen and oxygen atoms in total. The van der Waals surface area contributed by atoms with E-state index in [1.54, 1.807) is 0 Å². The fourth-order valence-electron chi connectivity index (χ4n) is 4.86. The van der Waals surface area contributed by atoms with Crippen molar-refractivity contribution in [3.8, 4) is 11.5 Å². The number of ketones is 1. The van der Waals surface area contributed by atoms with Gasteiger partial charge in [0.2, 0.25) is 0 Å². The average Bonchev–Trinajstić information content (AvgIpc) is 2.81. The van der Waals surface area contributed by atoms with Crippen LogP contribution in [0.25, 0.3) is 0 Å². The summed E-state index contributed by atoms with van der Waals surface area (Å²) < 4.78 is 12.4. The molecular weight excluding hydrogens is 240 g/mol. The normalized spacial score (nSPS) is 40.1. The number of ether oxygens (including phenoxy) is 2. The molecule has 3 heteroatoms. The first-order valence-electron chi connectivity index (χ1n) is 7.27. The maximum atomic E-state index is 12.5. The SMILES string of the molecule is O=C1C2CC3CC(C2)C2(Oc4ccccc4O2)C1C3. The number of carbonyl (C=O) groups is 1. The highest BCUT2D eigenvalue weighted by Crippen LogP contribution is 2.61. The molecule has 4 atom stereocenters. The zero-order valence-electron chi connectivity index (χ0n) is 10.7. The molecule has 1 spiro atoms. The Balaban J connectivity index is 1.62. The number of Topliss-reactive ketones (excluding diaryl/α,β-unsaturated/α-hetero) is 1. The third-order valence-corrected chi connectivity index (χ3v) is 5.56. The van der Waals surface area contributed by atoms with Gasteiger partial charge in [-0.05, 0) is 43.7 Å². The van der Waals surface area contributed by atoms with Gasteiger partial charge in [0.05, 0.1) is 5.92 Å². The summed E-state index contributed by atoms with van der Waals surface area (Å²) in [6, 6.07) is 7.80. The zero-order valence-corrected chi connectivity index (χ0v) is 10.7. The highest BCUT2D eigenvalue weighted by atomic mass is 16.7. The van der Waals surface area contributed by atoms with Crippen molar-refractivity contribution in [2.75, 3.05) is 0 Å². The number of para-hydroxylation sites is 2. The van der Waals surface area contributed by atoms with Gasteiger partial charge in [-0.3, -0.25) is 4.79 Å². The van der Waals surface area contributed by atoms with Crippen molar-refractivity contribution in [2.24, 2.45) is 23.7 Å². The topological polar surface area (TPSA) is 35.5 Å². The molecule has 0 radical (unpaired) electrons. The Hall–Kier alpha value is -1.51. The summed E-state index contributed by atoms with van der Waals surface area (Å²) in [5, 5.41) is 0. The predicted molar refractivity (Wildman–Crippen MR) is 67.9 cm³/mol. The van der Waals surface area contributed by atoms with E-state index in [2.05, 4.69) is 0 Å². The molecule has 1 aromatic rings. The van der Waals surface area contributed by atoms with Crippen molar-refractivity contribution in [1.29, 1.82) is 0 Å². The lowest BCUT2D eigenvalue weighted by molar-refractivity contribution is -0.230. The Labute approximate surface area is 111 Å². The summed E-state index contributed by atoms with van der Waals surface area (Å²) in [7, 11) is 0. The average molecular weight is 256 g/mol. The van der Waals surface area contributed by atoms with Gasteiger partial charge >= 0.3 is 0 Å². The summed E-state index contributed by atoms with van der Waals surface area (Å²) in [5.74, 6) is 2.67. The van der Waals surface area contributed by atoms with Crippen molar-refractivity contribution >= 4 is 5.78 Å². The summed E-state index contributed by atoms with van der Waals surface area (Å²) in [5.41, 5.74) is 0. The van der Waals surface area contributed by atoms with Gasteiger partial charge in [-0.1, -0.05) is 12.1 Å². The first kappa shape index (κ1) is 10.3. The molecule has 0 amide bonds. The molecule has 4 bridgehead atoms. The number of fused-ring (bicyclic) bond motifs is 1. The van der Waals surface area contributed by atoms with E-state index in [-0.39, 0.29) is 11.8 Å². The van der Waals surface area contributed by atoms with Gasteiger partial charge in [0.1, 0.15) is 5.78 Å². The third-order valence-electron chi connectivity index (χ3n) is 5.56. The summed E-state index contributed by atoms with van der Waals surface area (Å²) in [6.45, 7) is 0. The van der Waals surface area contributed by atoms with E-state index < -0.39 is 5.79 Å². The predicted octanol–water partition coefficient (Wildman–Crippen LogP) is 2.79. The van der Waals surface area contributed by atoms with Gasteiger partial charge in [-0.2, -0.15) is 0 Å². The van der Waals surface area contributed by atoms with E-state index in [1.165, 1.54) is 0 Å². The van der Waals surface area contributed by atoms with Crippen LogP contribution in [0.3, 0.4) is 0 Å². The molecule has 0 aromatic heterocycles. The van der Waals surface area contributed by atoms with Crippen LogP contribution in [0, 0.1) is 23.7 Å². The number of rotatable bonds is 0. The fraction of sp³-hybridized carbons (Fsp3) is 0.562. The van der Waals surface area contributed by atoms with Crippen molar-refractivity contribution in [1.82, 2.24) is 0 Å². The lowest BCUT2D eigenvalue weighted by Gasteiger charge is -2.56. The molecule has 1 aliphatic heterocycles. The monoisotopic (exact) mass is 256 g/mol. The minimum atomic E-state index is -0.672. The minimum absolute atomic E-state index is 0.0452. The van der Waals surface area contributed by atoms with Crippen LogP contribution in [0.1, 0.15) is 25.7 Å². The smallest absolute Gasteiger partial charge is 0.264 e. The Morgan fingerprint density at radius 2 is 1.74 bits per heavy atom. The van der Waals surface area contributed by atoms with Gasteiger partial charge in [0.25, 0.3) is 5.79 Å². The van der Waals surface area contributed by atoms with E-state index in [4.69, 9.17) is 9.47 Å². The van der Waals surface area contributed by atoms with Gasteiger partial charge in [0, 0.05) is 11.8 Å². The van der Waals surface area contributed by atoms with Crippen LogP contribution in [0.15, 0.2) is 24.3 Å². The van der Waals surface area contributed by atoms with Gasteiger partial charge in [-0.25, -0.2) is 0 Å². The molecule has 0 saturated heterocycles. The maximum Gasteiger partial charge on any atom is 0.264 e. The van der Waals surface area contributed by atoms with E-state index >= 15 is 0 Å². The summed E-state index contributed by atoms with van der Waals surface area (Å²) in [6.07, 6.45) is 4.18. The second-order valence-electron chi connectivity index (χ2n) is 6.53. The van der Waals surface area contributed by atoms with E-state index in [1.807, 2.05) is 24.3 Å². The van der Waals surface area contributed by atoms with Crippen molar-refractivity contribution in [3.63, 3.8) is 0 Å². The molecular formula is C16H16O3. The number of hydrogen-bond acceptors (Lipinski definition) is 3. The van der Waals surface area contributed by atoms with E-state index in [0.29, 0.717) is 17.6 Å². The minimum Gasteiger partial charge on any atom is -0.447 e. The van der Waals surface area contributed by atoms with Crippen LogP contribution in [-0.4, -0.2) is 11.6 Å². The van der Waals surface area contributed by atoms with Crippen LogP contribution in [-0.2, 0) is 4.79 Å². The van der Waals surface area contributed by atoms with Crippen LogP contribution >= 0.6 is 0 Å². The Morgan fingerprint density at radius 1 is 1.00 bits per heavy atom. The van der Waals surface area contributed by atoms with Crippen LogP contribution in [0.5, 0.6) is 11.5 Å². The first-order chi connectivity index (χ1) is 9.26. The quantitative estimate of drug-likeness (QED) is 0.716. The molecule has 0 N–H and O–H groups in total. The van der Waals surface area contributed by atoms with Crippen molar-refractivity contribution < 1.29 is 14.3 Å². The Morgan fingerprint density at radius 3 is 2.47 bits per heavy atom. The zero-order chi connectivity index (χ0) is 12.6. The molecule has 19 heavy (non-hydrogen) atoms. The highest BCUT2D eigenvalue weighted by Gasteiger charge is 2.66. The molecule has 6 rings (SSSR count). The lowest BCUT2D eigenvalue weighted by Crippen LogP contribution is -2.66. The van der Waals surface area contributed by atoms with Crippen LogP contribution in [0.2, 0.25) is 0 Å². The van der Waals surface area contributed by atoms with Crippen LogP contribution in [0.4, 0.5) is 0 Å². The third kappa shape index (κ3) is 1.12. The molecule has 4 fully saturated rings. The van der Waals surface area contributed by atoms with E-state index in [0.717, 1.165) is 37.2 Å². The molecule has 4 saturated carbocycles. The van der Waals surface area contributed by atoms with Gasteiger partial charge < -0.3 is 9.47 Å². The molecule has 1 aromatic carbocycles. The lowest BCUT2D eigenvalue weighted by atomic mass is 9.52. The Kier molecular flexibility index (Phi) is 1.70. The van der Waals surface area contributed by atoms with Gasteiger partial charge in [0.15, 0.2) is 11.5 Å². The molecule has 98 valence electrons. The summed E-state index contributed by atoms with van der Waals surface area (Å²) in [4.78, 5) is 12.5. The van der Waals surface area contributed by atoms with Crippen molar-refractivity contribution in [3.05, 3.63) is 24.3 Å². The largest absolute Gasteiger partial charge is 0.447 e. The Bertz CT molecular complexity index is 554. The molecule has 5 aliphatic rings. The number of carbonyl (C=O) groups excluding carboxylic acids is 1. The van der Waals surface area contributed by atoms with E-state index in [9.17, 15) is 4.79 Å². The fourth-order valence-corrected chi connectivity index (χ4v) is 4.86. The second kappa shape index (κ2) is 3.14. The van der Waals surface area contributed by atoms with Gasteiger partial charge in [-0.15, -0.1) is 0 Å². The molecule has 4 unspecified atom stereocenters. The second-order valence-corrected chi connectivity index (χ2v) is 6.53.